The molecule has 1 aromatic carbocycles. The van der Waals surface area contributed by atoms with Gasteiger partial charge in [-0.25, -0.2) is 0 Å². The van der Waals surface area contributed by atoms with Gasteiger partial charge in [-0.1, -0.05) is 18.2 Å². The van der Waals surface area contributed by atoms with Crippen LogP contribution in [0.25, 0.3) is 0 Å². The van der Waals surface area contributed by atoms with E-state index in [9.17, 15) is 5.11 Å². The lowest BCUT2D eigenvalue weighted by atomic mass is 10.0. The van der Waals surface area contributed by atoms with Crippen molar-refractivity contribution in [3.05, 3.63) is 29.8 Å². The van der Waals surface area contributed by atoms with Crippen molar-refractivity contribution in [3.63, 3.8) is 0 Å². The second-order valence-corrected chi connectivity index (χ2v) is 4.28. The van der Waals surface area contributed by atoms with Crippen LogP contribution < -0.4 is 4.90 Å². The number of benzene rings is 1. The Balaban J connectivity index is 2.24. The summed E-state index contributed by atoms with van der Waals surface area (Å²) in [6, 6.07) is 8.03. The highest BCUT2D eigenvalue weighted by molar-refractivity contribution is 5.55. The first-order chi connectivity index (χ1) is 7.83. The van der Waals surface area contributed by atoms with Crippen molar-refractivity contribution in [2.45, 2.75) is 25.4 Å². The molecule has 0 saturated carbocycles. The molecular formula is C13H19NO2. The zero-order chi connectivity index (χ0) is 11.4. The third-order valence-corrected chi connectivity index (χ3v) is 3.13. The van der Waals surface area contributed by atoms with Crippen LogP contribution in [0.1, 0.15) is 30.9 Å². The molecule has 0 saturated heterocycles. The molecule has 88 valence electrons. The van der Waals surface area contributed by atoms with E-state index in [-0.39, 0.29) is 12.7 Å². The van der Waals surface area contributed by atoms with Crippen molar-refractivity contribution in [1.29, 1.82) is 0 Å². The first-order valence-corrected chi connectivity index (χ1v) is 5.95. The van der Waals surface area contributed by atoms with Gasteiger partial charge in [0, 0.05) is 30.9 Å². The molecule has 0 aromatic heterocycles. The molecule has 1 aliphatic rings. The predicted octanol–water partition coefficient (Wildman–Crippen LogP) is 1.70. The minimum atomic E-state index is -0.338. The van der Waals surface area contributed by atoms with Crippen molar-refractivity contribution in [3.8, 4) is 0 Å². The van der Waals surface area contributed by atoms with Gasteiger partial charge in [0.1, 0.15) is 0 Å². The van der Waals surface area contributed by atoms with Crippen LogP contribution >= 0.6 is 0 Å². The zero-order valence-corrected chi connectivity index (χ0v) is 9.47. The number of aliphatic hydroxyl groups excluding tert-OH is 2. The molecule has 0 bridgehead atoms. The summed E-state index contributed by atoms with van der Waals surface area (Å²) in [4.78, 5) is 2.27. The number of para-hydroxylation sites is 1. The van der Waals surface area contributed by atoms with Crippen LogP contribution in [-0.4, -0.2) is 29.9 Å². The van der Waals surface area contributed by atoms with Crippen molar-refractivity contribution < 1.29 is 10.2 Å². The lowest BCUT2D eigenvalue weighted by Gasteiger charge is -2.24. The van der Waals surface area contributed by atoms with Gasteiger partial charge in [-0.15, -0.1) is 0 Å². The molecule has 0 fully saturated rings. The van der Waals surface area contributed by atoms with Crippen LogP contribution in [0.2, 0.25) is 0 Å². The quantitative estimate of drug-likeness (QED) is 0.816. The number of nitrogens with zero attached hydrogens (tertiary/aromatic N) is 1. The molecule has 0 spiro atoms. The Morgan fingerprint density at radius 3 is 2.94 bits per heavy atom. The molecule has 1 unspecified atom stereocenters. The van der Waals surface area contributed by atoms with Gasteiger partial charge in [-0.3, -0.25) is 0 Å². The average Bonchev–Trinajstić information content (AvgIpc) is 2.47. The Morgan fingerprint density at radius 2 is 2.12 bits per heavy atom. The zero-order valence-electron chi connectivity index (χ0n) is 9.47. The number of aliphatic hydroxyl groups is 2. The van der Waals surface area contributed by atoms with E-state index in [1.54, 1.807) is 0 Å². The minimum Gasteiger partial charge on any atom is -0.396 e. The molecule has 0 amide bonds. The van der Waals surface area contributed by atoms with Gasteiger partial charge in [0.05, 0.1) is 6.10 Å². The standard InChI is InChI=1S/C13H19NO2/c15-10-4-9-14-8-3-7-13(16)11-5-1-2-6-12(11)14/h1-2,5-6,13,15-16H,3-4,7-10H2. The molecule has 1 aliphatic heterocycles. The van der Waals surface area contributed by atoms with E-state index >= 15 is 0 Å². The minimum absolute atomic E-state index is 0.223. The second-order valence-electron chi connectivity index (χ2n) is 4.28. The fraction of sp³-hybridized carbons (Fsp3) is 0.538. The van der Waals surface area contributed by atoms with Gasteiger partial charge >= 0.3 is 0 Å². The number of hydrogen-bond donors (Lipinski definition) is 2. The van der Waals surface area contributed by atoms with E-state index < -0.39 is 0 Å². The van der Waals surface area contributed by atoms with Gasteiger partial charge in [0.2, 0.25) is 0 Å². The molecular weight excluding hydrogens is 202 g/mol. The fourth-order valence-electron chi connectivity index (χ4n) is 2.30. The molecule has 0 aliphatic carbocycles. The largest absolute Gasteiger partial charge is 0.396 e. The van der Waals surface area contributed by atoms with Crippen LogP contribution in [0.4, 0.5) is 5.69 Å². The van der Waals surface area contributed by atoms with E-state index in [4.69, 9.17) is 5.11 Å². The van der Waals surface area contributed by atoms with Gasteiger partial charge in [-0.2, -0.15) is 0 Å². The lowest BCUT2D eigenvalue weighted by Crippen LogP contribution is -2.25. The summed E-state index contributed by atoms with van der Waals surface area (Å²) >= 11 is 0. The molecule has 1 aromatic rings. The lowest BCUT2D eigenvalue weighted by molar-refractivity contribution is 0.168. The van der Waals surface area contributed by atoms with E-state index in [2.05, 4.69) is 11.0 Å². The van der Waals surface area contributed by atoms with Crippen molar-refractivity contribution in [1.82, 2.24) is 0 Å². The number of hydrogen-bond acceptors (Lipinski definition) is 3. The first-order valence-electron chi connectivity index (χ1n) is 5.95. The summed E-state index contributed by atoms with van der Waals surface area (Å²) in [6.07, 6.45) is 2.27. The summed E-state index contributed by atoms with van der Waals surface area (Å²) in [7, 11) is 0. The Morgan fingerprint density at radius 1 is 1.31 bits per heavy atom. The van der Waals surface area contributed by atoms with E-state index in [1.165, 1.54) is 0 Å². The third kappa shape index (κ3) is 2.36. The maximum Gasteiger partial charge on any atom is 0.0810 e. The van der Waals surface area contributed by atoms with E-state index in [0.717, 1.165) is 43.6 Å². The predicted molar refractivity (Wildman–Crippen MR) is 64.6 cm³/mol. The summed E-state index contributed by atoms with van der Waals surface area (Å²) in [5, 5.41) is 18.9. The number of anilines is 1. The van der Waals surface area contributed by atoms with Crippen molar-refractivity contribution in [2.24, 2.45) is 0 Å². The highest BCUT2D eigenvalue weighted by Crippen LogP contribution is 2.32. The molecule has 1 heterocycles. The van der Waals surface area contributed by atoms with Crippen molar-refractivity contribution >= 4 is 5.69 Å². The normalized spacial score (nSPS) is 20.4. The van der Waals surface area contributed by atoms with Gasteiger partial charge in [0.15, 0.2) is 0 Å². The van der Waals surface area contributed by atoms with E-state index in [0.29, 0.717) is 0 Å². The number of fused-ring (bicyclic) bond motifs is 1. The van der Waals surface area contributed by atoms with E-state index in [1.807, 2.05) is 18.2 Å². The molecule has 3 heteroatoms. The van der Waals surface area contributed by atoms with Gasteiger partial charge < -0.3 is 15.1 Å². The Labute approximate surface area is 96.3 Å². The van der Waals surface area contributed by atoms with Crippen LogP contribution in [0.15, 0.2) is 24.3 Å². The maximum absolute atomic E-state index is 10.0. The molecule has 3 nitrogen and oxygen atoms in total. The molecule has 1 atom stereocenters. The second kappa shape index (κ2) is 5.32. The smallest absolute Gasteiger partial charge is 0.0810 e. The summed E-state index contributed by atoms with van der Waals surface area (Å²) in [6.45, 7) is 2.05. The summed E-state index contributed by atoms with van der Waals surface area (Å²) in [5.74, 6) is 0. The molecule has 2 N–H and O–H groups in total. The van der Waals surface area contributed by atoms with Crippen LogP contribution in [-0.2, 0) is 0 Å². The van der Waals surface area contributed by atoms with Crippen LogP contribution in [0.5, 0.6) is 0 Å². The topological polar surface area (TPSA) is 43.7 Å². The van der Waals surface area contributed by atoms with Crippen molar-refractivity contribution in [2.75, 3.05) is 24.6 Å². The van der Waals surface area contributed by atoms with Crippen LogP contribution in [0.3, 0.4) is 0 Å². The molecule has 2 rings (SSSR count). The summed E-state index contributed by atoms with van der Waals surface area (Å²) in [5.41, 5.74) is 2.15. The first kappa shape index (κ1) is 11.4. The Hall–Kier alpha value is -1.06. The highest BCUT2D eigenvalue weighted by atomic mass is 16.3. The van der Waals surface area contributed by atoms with Gasteiger partial charge in [-0.05, 0) is 25.3 Å². The third-order valence-electron chi connectivity index (χ3n) is 3.13. The number of rotatable bonds is 3. The van der Waals surface area contributed by atoms with Crippen LogP contribution in [0, 0.1) is 0 Å². The molecule has 0 radical (unpaired) electrons. The fourth-order valence-corrected chi connectivity index (χ4v) is 2.30. The molecule has 16 heavy (non-hydrogen) atoms. The Kier molecular flexibility index (Phi) is 3.80. The maximum atomic E-state index is 10.0. The Bertz CT molecular complexity index is 340. The van der Waals surface area contributed by atoms with Gasteiger partial charge in [0.25, 0.3) is 0 Å². The SMILES string of the molecule is OCCCN1CCCC(O)c2ccccc21. The highest BCUT2D eigenvalue weighted by Gasteiger charge is 2.20. The average molecular weight is 221 g/mol. The summed E-state index contributed by atoms with van der Waals surface area (Å²) < 4.78 is 0. The monoisotopic (exact) mass is 221 g/mol.